The second-order valence-corrected chi connectivity index (χ2v) is 8.07. The van der Waals surface area contributed by atoms with Crippen LogP contribution in [0.1, 0.15) is 12.8 Å². The average Bonchev–Trinajstić information content (AvgIpc) is 3.35. The molecule has 2 amide bonds. The van der Waals surface area contributed by atoms with Gasteiger partial charge in [0.15, 0.2) is 6.61 Å². The number of amides is 2. The lowest BCUT2D eigenvalue weighted by Gasteiger charge is -2.32. The van der Waals surface area contributed by atoms with E-state index in [4.69, 9.17) is 4.74 Å². The van der Waals surface area contributed by atoms with Gasteiger partial charge in [-0.1, -0.05) is 0 Å². The normalized spacial score (nSPS) is 27.9. The monoisotopic (exact) mass is 375 g/mol. The molecule has 0 N–H and O–H groups in total. The van der Waals surface area contributed by atoms with Crippen LogP contribution in [0.2, 0.25) is 0 Å². The Labute approximate surface area is 158 Å². The van der Waals surface area contributed by atoms with Crippen molar-refractivity contribution in [3.8, 4) is 5.75 Å². The van der Waals surface area contributed by atoms with Crippen LogP contribution >= 0.6 is 0 Å². The van der Waals surface area contributed by atoms with Crippen molar-refractivity contribution in [1.82, 2.24) is 14.7 Å². The Kier molecular flexibility index (Phi) is 4.80. The van der Waals surface area contributed by atoms with E-state index in [1.165, 1.54) is 24.3 Å². The summed E-state index contributed by atoms with van der Waals surface area (Å²) in [5.41, 5.74) is -0.482. The number of halogens is 1. The summed E-state index contributed by atoms with van der Waals surface area (Å²) in [4.78, 5) is 31.9. The summed E-state index contributed by atoms with van der Waals surface area (Å²) in [7, 11) is 2.04. The number of likely N-dealkylation sites (tertiary alicyclic amines) is 3. The van der Waals surface area contributed by atoms with Crippen molar-refractivity contribution in [2.24, 2.45) is 11.3 Å². The molecule has 27 heavy (non-hydrogen) atoms. The fraction of sp³-hybridized carbons (Fsp3) is 0.600. The molecule has 4 rings (SSSR count). The van der Waals surface area contributed by atoms with Gasteiger partial charge in [-0.05, 0) is 44.2 Å². The van der Waals surface area contributed by atoms with Crippen molar-refractivity contribution in [3.05, 3.63) is 30.1 Å². The third-order valence-electron chi connectivity index (χ3n) is 6.13. The Bertz CT molecular complexity index is 720. The van der Waals surface area contributed by atoms with Crippen LogP contribution in [0.25, 0.3) is 0 Å². The van der Waals surface area contributed by atoms with E-state index < -0.39 is 5.41 Å². The number of hydrogen-bond acceptors (Lipinski definition) is 4. The molecule has 146 valence electrons. The molecular formula is C20H26FN3O3. The van der Waals surface area contributed by atoms with Crippen molar-refractivity contribution in [1.29, 1.82) is 0 Å². The molecule has 3 aliphatic heterocycles. The van der Waals surface area contributed by atoms with Crippen LogP contribution in [-0.2, 0) is 9.59 Å². The van der Waals surface area contributed by atoms with Crippen LogP contribution in [0.4, 0.5) is 4.39 Å². The maximum atomic E-state index is 13.3. The van der Waals surface area contributed by atoms with Crippen molar-refractivity contribution in [2.75, 3.05) is 52.9 Å². The Morgan fingerprint density at radius 2 is 1.81 bits per heavy atom. The zero-order valence-corrected chi connectivity index (χ0v) is 15.7. The maximum absolute atomic E-state index is 13.3. The molecule has 0 spiro atoms. The van der Waals surface area contributed by atoms with Crippen LogP contribution in [0.3, 0.4) is 0 Å². The van der Waals surface area contributed by atoms with Crippen LogP contribution in [0.5, 0.6) is 5.75 Å². The van der Waals surface area contributed by atoms with E-state index in [1.54, 1.807) is 4.90 Å². The van der Waals surface area contributed by atoms with Crippen molar-refractivity contribution >= 4 is 11.8 Å². The molecule has 6 nitrogen and oxygen atoms in total. The van der Waals surface area contributed by atoms with Gasteiger partial charge in [-0.2, -0.15) is 0 Å². The first-order valence-electron chi connectivity index (χ1n) is 9.62. The minimum atomic E-state index is -0.482. The van der Waals surface area contributed by atoms with Gasteiger partial charge in [0.05, 0.1) is 5.41 Å². The van der Waals surface area contributed by atoms with Crippen molar-refractivity contribution in [2.45, 2.75) is 12.8 Å². The van der Waals surface area contributed by atoms with Gasteiger partial charge in [-0.3, -0.25) is 9.59 Å². The summed E-state index contributed by atoms with van der Waals surface area (Å²) >= 11 is 0. The zero-order chi connectivity index (χ0) is 19.0. The van der Waals surface area contributed by atoms with Gasteiger partial charge in [0.25, 0.3) is 5.91 Å². The van der Waals surface area contributed by atoms with Crippen LogP contribution < -0.4 is 4.74 Å². The Morgan fingerprint density at radius 3 is 2.52 bits per heavy atom. The van der Waals surface area contributed by atoms with Crippen LogP contribution in [0.15, 0.2) is 24.3 Å². The number of carbonyl (C=O) groups is 2. The molecule has 0 aromatic heterocycles. The zero-order valence-electron chi connectivity index (χ0n) is 15.7. The molecule has 1 aromatic carbocycles. The van der Waals surface area contributed by atoms with Gasteiger partial charge in [0.1, 0.15) is 11.6 Å². The van der Waals surface area contributed by atoms with E-state index in [0.717, 1.165) is 32.5 Å². The smallest absolute Gasteiger partial charge is 0.260 e. The molecule has 7 heteroatoms. The fourth-order valence-electron chi connectivity index (χ4n) is 4.81. The summed E-state index contributed by atoms with van der Waals surface area (Å²) in [6, 6.07) is 5.63. The lowest BCUT2D eigenvalue weighted by molar-refractivity contribution is -0.141. The van der Waals surface area contributed by atoms with Crippen LogP contribution in [-0.4, -0.2) is 79.4 Å². The first-order valence-corrected chi connectivity index (χ1v) is 9.62. The third kappa shape index (κ3) is 3.40. The molecule has 3 fully saturated rings. The standard InChI is InChI=1S/C20H26FN3O3/c1-22-10-15-11-24(18(25)12-27-17-6-4-16(21)5-7-17)14-20(15,13-22)19(26)23-8-2-3-9-23/h4-7,15H,2-3,8-14H2,1H3/t15-,20-/m0/s1. The highest BCUT2D eigenvalue weighted by Crippen LogP contribution is 2.44. The predicted molar refractivity (Wildman–Crippen MR) is 97.7 cm³/mol. The van der Waals surface area contributed by atoms with E-state index in [0.29, 0.717) is 25.4 Å². The highest BCUT2D eigenvalue weighted by Gasteiger charge is 2.58. The Morgan fingerprint density at radius 1 is 1.11 bits per heavy atom. The summed E-state index contributed by atoms with van der Waals surface area (Å²) < 4.78 is 18.5. The van der Waals surface area contributed by atoms with Crippen molar-refractivity contribution < 1.29 is 18.7 Å². The molecule has 1 aromatic rings. The summed E-state index contributed by atoms with van der Waals surface area (Å²) in [5, 5.41) is 0. The number of carbonyl (C=O) groups excluding carboxylic acids is 2. The molecule has 0 aliphatic carbocycles. The number of rotatable bonds is 4. The highest BCUT2D eigenvalue weighted by molar-refractivity contribution is 5.87. The SMILES string of the molecule is CN1C[C@H]2CN(C(=O)COc3ccc(F)cc3)C[C@@]2(C(=O)N2CCCC2)C1. The minimum Gasteiger partial charge on any atom is -0.484 e. The fourth-order valence-corrected chi connectivity index (χ4v) is 4.81. The second-order valence-electron chi connectivity index (χ2n) is 8.07. The Balaban J connectivity index is 1.42. The molecule has 3 heterocycles. The summed E-state index contributed by atoms with van der Waals surface area (Å²) in [6.07, 6.45) is 2.13. The topological polar surface area (TPSA) is 53.1 Å². The number of hydrogen-bond donors (Lipinski definition) is 0. The van der Waals surface area contributed by atoms with Gasteiger partial charge >= 0.3 is 0 Å². The van der Waals surface area contributed by atoms with E-state index >= 15 is 0 Å². The highest BCUT2D eigenvalue weighted by atomic mass is 19.1. The molecule has 0 saturated carbocycles. The van der Waals surface area contributed by atoms with E-state index in [2.05, 4.69) is 4.90 Å². The third-order valence-corrected chi connectivity index (χ3v) is 6.13. The molecular weight excluding hydrogens is 349 g/mol. The molecule has 3 saturated heterocycles. The maximum Gasteiger partial charge on any atom is 0.260 e. The average molecular weight is 375 g/mol. The number of nitrogens with zero attached hydrogens (tertiary/aromatic N) is 3. The number of ether oxygens (including phenoxy) is 1. The summed E-state index contributed by atoms with van der Waals surface area (Å²) in [6.45, 7) is 4.16. The molecule has 3 aliphatic rings. The van der Waals surface area contributed by atoms with Gasteiger partial charge in [0, 0.05) is 45.2 Å². The second kappa shape index (κ2) is 7.11. The molecule has 0 bridgehead atoms. The van der Waals surface area contributed by atoms with Crippen LogP contribution in [0, 0.1) is 17.2 Å². The number of fused-ring (bicyclic) bond motifs is 1. The Hall–Kier alpha value is -2.15. The summed E-state index contributed by atoms with van der Waals surface area (Å²) in [5.74, 6) is 0.388. The van der Waals surface area contributed by atoms with E-state index in [9.17, 15) is 14.0 Å². The molecule has 0 radical (unpaired) electrons. The van der Waals surface area contributed by atoms with Crippen molar-refractivity contribution in [3.63, 3.8) is 0 Å². The largest absolute Gasteiger partial charge is 0.484 e. The molecule has 0 unspecified atom stereocenters. The first-order chi connectivity index (χ1) is 13.0. The first kappa shape index (κ1) is 18.2. The quantitative estimate of drug-likeness (QED) is 0.794. The minimum absolute atomic E-state index is 0.0951. The van der Waals surface area contributed by atoms with Gasteiger partial charge in [-0.25, -0.2) is 4.39 Å². The van der Waals surface area contributed by atoms with Gasteiger partial charge < -0.3 is 19.4 Å². The lowest BCUT2D eigenvalue weighted by atomic mass is 9.79. The van der Waals surface area contributed by atoms with E-state index in [-0.39, 0.29) is 30.2 Å². The lowest BCUT2D eigenvalue weighted by Crippen LogP contribution is -2.49. The predicted octanol–water partition coefficient (Wildman–Crippen LogP) is 1.22. The molecule has 2 atom stereocenters. The van der Waals surface area contributed by atoms with E-state index in [1.807, 2.05) is 11.9 Å². The van der Waals surface area contributed by atoms with Gasteiger partial charge in [-0.15, -0.1) is 0 Å². The van der Waals surface area contributed by atoms with Gasteiger partial charge in [0.2, 0.25) is 5.91 Å². The number of benzene rings is 1.